The van der Waals surface area contributed by atoms with E-state index in [4.69, 9.17) is 0 Å². The van der Waals surface area contributed by atoms with Crippen molar-refractivity contribution in [3.05, 3.63) is 71.4 Å². The van der Waals surface area contributed by atoms with E-state index in [1.165, 1.54) is 0 Å². The molecule has 162 valence electrons. The van der Waals surface area contributed by atoms with Crippen LogP contribution in [0.15, 0.2) is 59.5 Å². The predicted molar refractivity (Wildman–Crippen MR) is 115 cm³/mol. The highest BCUT2D eigenvalue weighted by atomic mass is 32.2. The van der Waals surface area contributed by atoms with Crippen LogP contribution in [0.1, 0.15) is 28.0 Å². The van der Waals surface area contributed by atoms with Crippen LogP contribution in [-0.2, 0) is 14.8 Å². The molecule has 0 saturated carbocycles. The second-order valence-corrected chi connectivity index (χ2v) is 8.69. The van der Waals surface area contributed by atoms with Gasteiger partial charge in [0, 0.05) is 18.5 Å². The molecule has 0 aliphatic heterocycles. The third-order valence-electron chi connectivity index (χ3n) is 4.48. The Balaban J connectivity index is 1.48. The van der Waals surface area contributed by atoms with E-state index in [9.17, 15) is 18.0 Å². The number of rotatable bonds is 7. The molecule has 0 fully saturated rings. The van der Waals surface area contributed by atoms with E-state index in [1.807, 2.05) is 36.4 Å². The first-order valence-corrected chi connectivity index (χ1v) is 11.0. The van der Waals surface area contributed by atoms with Crippen molar-refractivity contribution in [3.8, 4) is 11.3 Å². The number of aromatic nitrogens is 2. The predicted octanol–water partition coefficient (Wildman–Crippen LogP) is 1.82. The van der Waals surface area contributed by atoms with Crippen LogP contribution >= 0.6 is 0 Å². The second-order valence-electron chi connectivity index (χ2n) is 6.95. The monoisotopic (exact) mass is 441 g/mol. The molecule has 3 rings (SSSR count). The first-order valence-electron chi connectivity index (χ1n) is 9.53. The van der Waals surface area contributed by atoms with Crippen LogP contribution < -0.4 is 15.6 Å². The molecular formula is C21H23N5O4S. The second kappa shape index (κ2) is 9.54. The zero-order valence-corrected chi connectivity index (χ0v) is 17.9. The zero-order chi connectivity index (χ0) is 22.4. The van der Waals surface area contributed by atoms with E-state index in [-0.39, 0.29) is 23.6 Å². The quantitative estimate of drug-likeness (QED) is 0.415. The molecule has 0 saturated heterocycles. The summed E-state index contributed by atoms with van der Waals surface area (Å²) >= 11 is 0. The van der Waals surface area contributed by atoms with Crippen molar-refractivity contribution in [2.45, 2.75) is 25.2 Å². The normalized spacial score (nSPS) is 11.2. The molecule has 0 bridgehead atoms. The lowest BCUT2D eigenvalue weighted by molar-refractivity contribution is -0.121. The molecule has 1 heterocycles. The number of carbonyl (C=O) groups is 2. The zero-order valence-electron chi connectivity index (χ0n) is 17.1. The molecule has 2 aromatic carbocycles. The number of aryl methyl sites for hydroxylation is 2. The van der Waals surface area contributed by atoms with Gasteiger partial charge in [0.25, 0.3) is 5.91 Å². The SMILES string of the molecule is Cc1ccc(C)c(S(=O)(=O)NCCC(=O)NNC(=O)c2cc(-c3ccccc3)n[nH]2)c1. The van der Waals surface area contributed by atoms with Gasteiger partial charge in [0.1, 0.15) is 5.69 Å². The summed E-state index contributed by atoms with van der Waals surface area (Å²) in [6, 6.07) is 16.0. The van der Waals surface area contributed by atoms with E-state index in [0.717, 1.165) is 11.1 Å². The Morgan fingerprint density at radius 3 is 2.48 bits per heavy atom. The lowest BCUT2D eigenvalue weighted by Crippen LogP contribution is -2.43. The summed E-state index contributed by atoms with van der Waals surface area (Å²) in [5.74, 6) is -1.11. The van der Waals surface area contributed by atoms with E-state index in [1.54, 1.807) is 32.0 Å². The number of nitrogens with zero attached hydrogens (tertiary/aromatic N) is 1. The van der Waals surface area contributed by atoms with Crippen molar-refractivity contribution in [3.63, 3.8) is 0 Å². The first-order chi connectivity index (χ1) is 14.8. The van der Waals surface area contributed by atoms with Crippen molar-refractivity contribution < 1.29 is 18.0 Å². The van der Waals surface area contributed by atoms with Crippen molar-refractivity contribution >= 4 is 21.8 Å². The Hall–Kier alpha value is -3.50. The highest BCUT2D eigenvalue weighted by Gasteiger charge is 2.17. The molecule has 4 N–H and O–H groups in total. The summed E-state index contributed by atoms with van der Waals surface area (Å²) < 4.78 is 27.3. The van der Waals surface area contributed by atoms with Gasteiger partial charge >= 0.3 is 0 Å². The number of benzene rings is 2. The van der Waals surface area contributed by atoms with Gasteiger partial charge < -0.3 is 0 Å². The number of hydrogen-bond acceptors (Lipinski definition) is 5. The summed E-state index contributed by atoms with van der Waals surface area (Å²) in [6.45, 7) is 3.39. The summed E-state index contributed by atoms with van der Waals surface area (Å²) in [6.07, 6.45) is -0.150. The van der Waals surface area contributed by atoms with Gasteiger partial charge in [-0.15, -0.1) is 0 Å². The van der Waals surface area contributed by atoms with Gasteiger partial charge in [0.05, 0.1) is 10.6 Å². The first kappa shape index (κ1) is 22.2. The lowest BCUT2D eigenvalue weighted by Gasteiger charge is -2.10. The maximum absolute atomic E-state index is 12.4. The van der Waals surface area contributed by atoms with E-state index in [2.05, 4.69) is 25.8 Å². The molecule has 9 nitrogen and oxygen atoms in total. The summed E-state index contributed by atoms with van der Waals surface area (Å²) in [5, 5.41) is 6.69. The third-order valence-corrected chi connectivity index (χ3v) is 6.09. The number of H-pyrrole nitrogens is 1. The van der Waals surface area contributed by atoms with Gasteiger partial charge in [-0.05, 0) is 37.1 Å². The summed E-state index contributed by atoms with van der Waals surface area (Å²) in [7, 11) is -3.74. The van der Waals surface area contributed by atoms with Crippen LogP contribution in [0, 0.1) is 13.8 Å². The fourth-order valence-corrected chi connectivity index (χ4v) is 4.18. The molecule has 2 amide bonds. The van der Waals surface area contributed by atoms with Crippen LogP contribution in [0.2, 0.25) is 0 Å². The Kier molecular flexibility index (Phi) is 6.83. The number of amides is 2. The number of nitrogens with one attached hydrogen (secondary N) is 4. The smallest absolute Gasteiger partial charge is 0.273 e. The van der Waals surface area contributed by atoms with E-state index >= 15 is 0 Å². The molecule has 0 atom stereocenters. The molecule has 0 spiro atoms. The highest BCUT2D eigenvalue weighted by Crippen LogP contribution is 2.17. The summed E-state index contributed by atoms with van der Waals surface area (Å²) in [5.41, 5.74) is 7.58. The van der Waals surface area contributed by atoms with Crippen LogP contribution in [0.3, 0.4) is 0 Å². The van der Waals surface area contributed by atoms with E-state index in [0.29, 0.717) is 11.3 Å². The fourth-order valence-electron chi connectivity index (χ4n) is 2.82. The largest absolute Gasteiger partial charge is 0.287 e. The molecule has 3 aromatic rings. The fraction of sp³-hybridized carbons (Fsp3) is 0.190. The third kappa shape index (κ3) is 5.77. The topological polar surface area (TPSA) is 133 Å². The van der Waals surface area contributed by atoms with Crippen LogP contribution in [-0.4, -0.2) is 37.0 Å². The number of hydrogen-bond donors (Lipinski definition) is 4. The number of sulfonamides is 1. The van der Waals surface area contributed by atoms with Crippen molar-refractivity contribution in [2.24, 2.45) is 0 Å². The van der Waals surface area contributed by atoms with Crippen molar-refractivity contribution in [2.75, 3.05) is 6.54 Å². The molecule has 1 aromatic heterocycles. The Labute approximate surface area is 180 Å². The average molecular weight is 442 g/mol. The molecule has 0 aliphatic rings. The highest BCUT2D eigenvalue weighted by molar-refractivity contribution is 7.89. The van der Waals surface area contributed by atoms with Gasteiger partial charge in [-0.1, -0.05) is 42.5 Å². The molecule has 0 radical (unpaired) electrons. The number of hydrazine groups is 1. The molecule has 0 unspecified atom stereocenters. The molecule has 0 aliphatic carbocycles. The molecule has 10 heteroatoms. The number of carbonyl (C=O) groups excluding carboxylic acids is 2. The van der Waals surface area contributed by atoms with Crippen molar-refractivity contribution in [1.82, 2.24) is 25.8 Å². The van der Waals surface area contributed by atoms with Gasteiger partial charge in [0.15, 0.2) is 0 Å². The number of aromatic amines is 1. The minimum absolute atomic E-state index is 0.111. The Bertz CT molecular complexity index is 1190. The Morgan fingerprint density at radius 2 is 1.74 bits per heavy atom. The van der Waals surface area contributed by atoms with Gasteiger partial charge in [0.2, 0.25) is 15.9 Å². The van der Waals surface area contributed by atoms with Crippen LogP contribution in [0.4, 0.5) is 0 Å². The Morgan fingerprint density at radius 1 is 1.00 bits per heavy atom. The average Bonchev–Trinajstić information content (AvgIpc) is 3.24. The molecular weight excluding hydrogens is 418 g/mol. The van der Waals surface area contributed by atoms with Crippen LogP contribution in [0.5, 0.6) is 0 Å². The standard InChI is InChI=1S/C21H23N5O4S/c1-14-8-9-15(2)19(12-14)31(29,30)22-11-10-20(27)25-26-21(28)18-13-17(23-24-18)16-6-4-3-5-7-16/h3-9,12-13,22H,10-11H2,1-2H3,(H,23,24)(H,25,27)(H,26,28). The maximum Gasteiger partial charge on any atom is 0.287 e. The van der Waals surface area contributed by atoms with Crippen LogP contribution in [0.25, 0.3) is 11.3 Å². The van der Waals surface area contributed by atoms with E-state index < -0.39 is 21.8 Å². The van der Waals surface area contributed by atoms with Crippen molar-refractivity contribution in [1.29, 1.82) is 0 Å². The summed E-state index contributed by atoms with van der Waals surface area (Å²) in [4.78, 5) is 24.3. The minimum atomic E-state index is -3.74. The molecule has 31 heavy (non-hydrogen) atoms. The van der Waals surface area contributed by atoms with Gasteiger partial charge in [-0.3, -0.25) is 25.5 Å². The lowest BCUT2D eigenvalue weighted by atomic mass is 10.1. The van der Waals surface area contributed by atoms with Gasteiger partial charge in [-0.2, -0.15) is 5.10 Å². The maximum atomic E-state index is 12.4. The minimum Gasteiger partial charge on any atom is -0.273 e. The van der Waals surface area contributed by atoms with Gasteiger partial charge in [-0.25, -0.2) is 13.1 Å².